The van der Waals surface area contributed by atoms with Gasteiger partial charge in [-0.2, -0.15) is 0 Å². The van der Waals surface area contributed by atoms with Gasteiger partial charge in [-0.1, -0.05) is 188 Å². The van der Waals surface area contributed by atoms with E-state index in [1.165, 1.54) is 82.3 Å². The molecule has 1 heterocycles. The molecule has 11 aromatic carbocycles. The summed E-state index contributed by atoms with van der Waals surface area (Å²) in [4.78, 5) is 2.39. The third-order valence-corrected chi connectivity index (χ3v) is 12.7. The monoisotopic (exact) mass is 814 g/mol. The molecule has 0 aliphatic rings. The van der Waals surface area contributed by atoms with Crippen LogP contribution in [-0.2, 0) is 0 Å². The Kier molecular flexibility index (Phi) is 9.20. The Bertz CT molecular complexity index is 3520. The van der Waals surface area contributed by atoms with E-state index in [1.54, 1.807) is 0 Å². The first-order chi connectivity index (χ1) is 31.7. The van der Waals surface area contributed by atoms with Crippen LogP contribution < -0.4 is 4.90 Å². The standard InChI is InChI=1S/C62H42N2/c1-3-16-47(17-4-1)58-39-38-57(61-59-24-11-12-25-60(59)64(62(58)61)53-21-5-2-6-22-53)52-20-13-23-56(42-52)63(54-34-30-45(31-35-54)50-28-26-43-14-7-9-18-48(43)40-50)55-36-32-46(33-37-55)51-29-27-44-15-8-10-19-49(44)41-51/h1-42H. The average Bonchev–Trinajstić information content (AvgIpc) is 3.72. The summed E-state index contributed by atoms with van der Waals surface area (Å²) < 4.78 is 2.45. The highest BCUT2D eigenvalue weighted by Gasteiger charge is 2.21. The van der Waals surface area contributed by atoms with Crippen LogP contribution in [0.2, 0.25) is 0 Å². The third kappa shape index (κ3) is 6.61. The van der Waals surface area contributed by atoms with Crippen LogP contribution in [0.25, 0.3) is 93.5 Å². The van der Waals surface area contributed by atoms with Crippen LogP contribution in [0.1, 0.15) is 0 Å². The van der Waals surface area contributed by atoms with Crippen LogP contribution >= 0.6 is 0 Å². The number of para-hydroxylation sites is 2. The van der Waals surface area contributed by atoms with Crippen LogP contribution in [-0.4, -0.2) is 4.57 Å². The van der Waals surface area contributed by atoms with Gasteiger partial charge in [0.05, 0.1) is 11.0 Å². The van der Waals surface area contributed by atoms with Gasteiger partial charge in [0.15, 0.2) is 0 Å². The lowest BCUT2D eigenvalue weighted by Gasteiger charge is -2.26. The molecule has 0 saturated heterocycles. The molecule has 0 saturated carbocycles. The molecule has 300 valence electrons. The van der Waals surface area contributed by atoms with Crippen LogP contribution in [0.5, 0.6) is 0 Å². The molecule has 0 atom stereocenters. The van der Waals surface area contributed by atoms with Gasteiger partial charge in [-0.15, -0.1) is 0 Å². The second-order valence-electron chi connectivity index (χ2n) is 16.5. The Labute approximate surface area is 373 Å². The first-order valence-electron chi connectivity index (χ1n) is 22.0. The average molecular weight is 815 g/mol. The van der Waals surface area contributed by atoms with Gasteiger partial charge in [-0.25, -0.2) is 0 Å². The largest absolute Gasteiger partial charge is 0.310 e. The zero-order valence-corrected chi connectivity index (χ0v) is 35.1. The zero-order chi connectivity index (χ0) is 42.4. The van der Waals surface area contributed by atoms with E-state index in [0.717, 1.165) is 28.3 Å². The van der Waals surface area contributed by atoms with Crippen molar-refractivity contribution in [2.24, 2.45) is 0 Å². The van der Waals surface area contributed by atoms with Gasteiger partial charge >= 0.3 is 0 Å². The zero-order valence-electron chi connectivity index (χ0n) is 35.1. The molecule has 0 aliphatic heterocycles. The topological polar surface area (TPSA) is 8.17 Å². The van der Waals surface area contributed by atoms with Gasteiger partial charge in [0.25, 0.3) is 0 Å². The first kappa shape index (κ1) is 37.3. The maximum absolute atomic E-state index is 2.45. The minimum absolute atomic E-state index is 1.08. The van der Waals surface area contributed by atoms with Gasteiger partial charge in [-0.3, -0.25) is 0 Å². The van der Waals surface area contributed by atoms with Crippen molar-refractivity contribution in [3.05, 3.63) is 255 Å². The SMILES string of the molecule is c1ccc(-c2ccc(-c3cccc(N(c4ccc(-c5ccc6ccccc6c5)cc4)c4ccc(-c5ccc6ccccc6c5)cc4)c3)c3c4ccccc4n(-c4ccccc4)c23)cc1. The molecular formula is C62H42N2. The van der Waals surface area contributed by atoms with Gasteiger partial charge in [0, 0.05) is 39.1 Å². The minimum atomic E-state index is 1.08. The molecule has 1 aromatic heterocycles. The second kappa shape index (κ2) is 15.8. The number of hydrogen-bond acceptors (Lipinski definition) is 1. The van der Waals surface area contributed by atoms with E-state index in [0.29, 0.717) is 0 Å². The van der Waals surface area contributed by atoms with Gasteiger partial charge in [0.1, 0.15) is 0 Å². The first-order valence-corrected chi connectivity index (χ1v) is 22.0. The maximum atomic E-state index is 2.45. The lowest BCUT2D eigenvalue weighted by atomic mass is 9.94. The number of hydrogen-bond donors (Lipinski definition) is 0. The Balaban J connectivity index is 1.02. The summed E-state index contributed by atoms with van der Waals surface area (Å²) in [5.41, 5.74) is 16.3. The summed E-state index contributed by atoms with van der Waals surface area (Å²) >= 11 is 0. The molecule has 0 fully saturated rings. The van der Waals surface area contributed by atoms with Crippen LogP contribution in [0.4, 0.5) is 17.1 Å². The molecule has 64 heavy (non-hydrogen) atoms. The van der Waals surface area contributed by atoms with Crippen molar-refractivity contribution < 1.29 is 0 Å². The molecule has 0 unspecified atom stereocenters. The van der Waals surface area contributed by atoms with E-state index in [-0.39, 0.29) is 0 Å². The van der Waals surface area contributed by atoms with Crippen molar-refractivity contribution in [1.29, 1.82) is 0 Å². The minimum Gasteiger partial charge on any atom is -0.310 e. The molecule has 0 bridgehead atoms. The third-order valence-electron chi connectivity index (χ3n) is 12.7. The van der Waals surface area contributed by atoms with Crippen LogP contribution in [0.3, 0.4) is 0 Å². The number of aromatic nitrogens is 1. The van der Waals surface area contributed by atoms with Crippen LogP contribution in [0.15, 0.2) is 255 Å². The van der Waals surface area contributed by atoms with E-state index in [4.69, 9.17) is 0 Å². The summed E-state index contributed by atoms with van der Waals surface area (Å²) in [5, 5.41) is 7.45. The number of rotatable bonds is 8. The van der Waals surface area contributed by atoms with Crippen molar-refractivity contribution in [3.8, 4) is 50.2 Å². The Morgan fingerprint density at radius 1 is 0.281 bits per heavy atom. The Morgan fingerprint density at radius 3 is 1.41 bits per heavy atom. The number of anilines is 3. The number of fused-ring (bicyclic) bond motifs is 5. The second-order valence-corrected chi connectivity index (χ2v) is 16.5. The lowest BCUT2D eigenvalue weighted by molar-refractivity contribution is 1.18. The van der Waals surface area contributed by atoms with Crippen molar-refractivity contribution >= 4 is 60.4 Å². The molecule has 0 N–H and O–H groups in total. The Morgan fingerprint density at radius 2 is 0.781 bits per heavy atom. The number of benzene rings is 11. The van der Waals surface area contributed by atoms with Gasteiger partial charge in [0.2, 0.25) is 0 Å². The molecule has 12 rings (SSSR count). The van der Waals surface area contributed by atoms with E-state index >= 15 is 0 Å². The summed E-state index contributed by atoms with van der Waals surface area (Å²) in [5.74, 6) is 0. The maximum Gasteiger partial charge on any atom is 0.0625 e. The predicted octanol–water partition coefficient (Wildman–Crippen LogP) is 17.2. The fourth-order valence-corrected chi connectivity index (χ4v) is 9.64. The summed E-state index contributed by atoms with van der Waals surface area (Å²) in [6.45, 7) is 0. The molecule has 2 nitrogen and oxygen atoms in total. The van der Waals surface area contributed by atoms with E-state index in [2.05, 4.69) is 264 Å². The van der Waals surface area contributed by atoms with E-state index in [1.807, 2.05) is 0 Å². The van der Waals surface area contributed by atoms with Gasteiger partial charge in [-0.05, 0) is 127 Å². The molecule has 0 amide bonds. The normalized spacial score (nSPS) is 11.4. The molecular weight excluding hydrogens is 773 g/mol. The lowest BCUT2D eigenvalue weighted by Crippen LogP contribution is -2.10. The Hall–Kier alpha value is -8.46. The fraction of sp³-hybridized carbons (Fsp3) is 0. The van der Waals surface area contributed by atoms with Crippen molar-refractivity contribution in [3.63, 3.8) is 0 Å². The van der Waals surface area contributed by atoms with Gasteiger partial charge < -0.3 is 9.47 Å². The van der Waals surface area contributed by atoms with Crippen molar-refractivity contribution in [1.82, 2.24) is 4.57 Å². The molecule has 12 aromatic rings. The summed E-state index contributed by atoms with van der Waals surface area (Å²) in [7, 11) is 0. The van der Waals surface area contributed by atoms with Crippen molar-refractivity contribution in [2.75, 3.05) is 4.90 Å². The number of nitrogens with zero attached hydrogens (tertiary/aromatic N) is 2. The van der Waals surface area contributed by atoms with E-state index in [9.17, 15) is 0 Å². The molecule has 0 spiro atoms. The highest BCUT2D eigenvalue weighted by molar-refractivity contribution is 6.19. The molecule has 0 radical (unpaired) electrons. The highest BCUT2D eigenvalue weighted by Crippen LogP contribution is 2.45. The molecule has 0 aliphatic carbocycles. The molecule has 2 heteroatoms. The van der Waals surface area contributed by atoms with Crippen LogP contribution in [0, 0.1) is 0 Å². The predicted molar refractivity (Wildman–Crippen MR) is 272 cm³/mol. The highest BCUT2D eigenvalue weighted by atomic mass is 15.1. The fourth-order valence-electron chi connectivity index (χ4n) is 9.64. The van der Waals surface area contributed by atoms with Crippen molar-refractivity contribution in [2.45, 2.75) is 0 Å². The summed E-state index contributed by atoms with van der Waals surface area (Å²) in [6.07, 6.45) is 0. The summed E-state index contributed by atoms with van der Waals surface area (Å²) in [6, 6.07) is 92.7. The van der Waals surface area contributed by atoms with E-state index < -0.39 is 0 Å². The quantitative estimate of drug-likeness (QED) is 0.148. The smallest absolute Gasteiger partial charge is 0.0625 e.